The van der Waals surface area contributed by atoms with Crippen LogP contribution in [-0.4, -0.2) is 6.04 Å². The van der Waals surface area contributed by atoms with Gasteiger partial charge in [0.05, 0.1) is 0 Å². The summed E-state index contributed by atoms with van der Waals surface area (Å²) in [6.45, 7) is 1.02. The van der Waals surface area contributed by atoms with Crippen molar-refractivity contribution < 1.29 is 9.13 Å². The van der Waals surface area contributed by atoms with E-state index in [0.717, 1.165) is 22.3 Å². The molecule has 1 saturated carbocycles. The number of ether oxygens (including phenoxy) is 1. The quantitative estimate of drug-likeness (QED) is 0.746. The average molecular weight is 378 g/mol. The molecular formula is C19H21BrFNO. The van der Waals surface area contributed by atoms with Crippen LogP contribution in [-0.2, 0) is 13.2 Å². The van der Waals surface area contributed by atoms with Gasteiger partial charge in [-0.3, -0.25) is 0 Å². The lowest BCUT2D eigenvalue weighted by Crippen LogP contribution is -2.25. The van der Waals surface area contributed by atoms with Crippen molar-refractivity contribution in [2.24, 2.45) is 0 Å². The molecule has 1 N–H and O–H groups in total. The van der Waals surface area contributed by atoms with E-state index < -0.39 is 0 Å². The molecule has 0 saturated heterocycles. The zero-order valence-corrected chi connectivity index (χ0v) is 14.6. The third-order valence-electron chi connectivity index (χ3n) is 4.30. The van der Waals surface area contributed by atoms with E-state index in [1.807, 2.05) is 18.2 Å². The molecule has 1 fully saturated rings. The summed E-state index contributed by atoms with van der Waals surface area (Å²) in [5.41, 5.74) is 1.67. The van der Waals surface area contributed by atoms with E-state index in [9.17, 15) is 4.39 Å². The molecule has 0 aliphatic heterocycles. The third-order valence-corrected chi connectivity index (χ3v) is 4.79. The van der Waals surface area contributed by atoms with Crippen LogP contribution in [0.25, 0.3) is 0 Å². The molecule has 1 aliphatic rings. The Bertz CT molecular complexity index is 656. The van der Waals surface area contributed by atoms with Gasteiger partial charge < -0.3 is 10.1 Å². The van der Waals surface area contributed by atoms with Gasteiger partial charge in [-0.1, -0.05) is 47.0 Å². The molecule has 0 radical (unpaired) electrons. The Morgan fingerprint density at radius 3 is 2.65 bits per heavy atom. The van der Waals surface area contributed by atoms with Crippen molar-refractivity contribution in [2.75, 3.05) is 0 Å². The summed E-state index contributed by atoms with van der Waals surface area (Å²) in [5, 5.41) is 3.60. The fraction of sp³-hybridized carbons (Fsp3) is 0.368. The standard InChI is InChI=1S/C19H21BrFNO/c20-16-9-10-19(23-13-14-5-1-4-8-18(14)21)15(11-16)12-22-17-6-2-3-7-17/h1,4-5,8-11,17,22H,2-3,6-7,12-13H2. The molecule has 1 aliphatic carbocycles. The zero-order chi connectivity index (χ0) is 16.1. The smallest absolute Gasteiger partial charge is 0.129 e. The largest absolute Gasteiger partial charge is 0.488 e. The maximum Gasteiger partial charge on any atom is 0.129 e. The van der Waals surface area contributed by atoms with Crippen molar-refractivity contribution in [1.82, 2.24) is 5.32 Å². The Hall–Kier alpha value is -1.39. The molecule has 0 amide bonds. The lowest BCUT2D eigenvalue weighted by Gasteiger charge is -2.16. The number of nitrogens with one attached hydrogen (secondary N) is 1. The van der Waals surface area contributed by atoms with E-state index in [1.54, 1.807) is 12.1 Å². The molecule has 2 aromatic rings. The Morgan fingerprint density at radius 2 is 1.87 bits per heavy atom. The highest BCUT2D eigenvalue weighted by atomic mass is 79.9. The van der Waals surface area contributed by atoms with E-state index in [0.29, 0.717) is 11.6 Å². The minimum Gasteiger partial charge on any atom is -0.488 e. The summed E-state index contributed by atoms with van der Waals surface area (Å²) in [6.07, 6.45) is 5.12. The number of hydrogen-bond donors (Lipinski definition) is 1. The third kappa shape index (κ3) is 4.55. The Labute approximate surface area is 145 Å². The van der Waals surface area contributed by atoms with Gasteiger partial charge in [0, 0.05) is 28.2 Å². The molecule has 122 valence electrons. The predicted octanol–water partition coefficient (Wildman–Crippen LogP) is 5.20. The van der Waals surface area contributed by atoms with Gasteiger partial charge in [0.1, 0.15) is 18.2 Å². The first-order valence-corrected chi connectivity index (χ1v) is 8.89. The van der Waals surface area contributed by atoms with Crippen LogP contribution in [0.5, 0.6) is 5.75 Å². The van der Waals surface area contributed by atoms with Gasteiger partial charge in [-0.25, -0.2) is 4.39 Å². The van der Waals surface area contributed by atoms with Gasteiger partial charge in [0.25, 0.3) is 0 Å². The minimum absolute atomic E-state index is 0.227. The highest BCUT2D eigenvalue weighted by Gasteiger charge is 2.15. The molecule has 23 heavy (non-hydrogen) atoms. The number of rotatable bonds is 6. The Morgan fingerprint density at radius 1 is 1.09 bits per heavy atom. The van der Waals surface area contributed by atoms with E-state index in [-0.39, 0.29) is 12.4 Å². The first-order chi connectivity index (χ1) is 11.2. The van der Waals surface area contributed by atoms with Gasteiger partial charge in [-0.05, 0) is 37.1 Å². The average Bonchev–Trinajstić information content (AvgIpc) is 3.07. The summed E-state index contributed by atoms with van der Waals surface area (Å²) < 4.78 is 20.6. The summed E-state index contributed by atoms with van der Waals surface area (Å²) in [4.78, 5) is 0. The number of benzene rings is 2. The minimum atomic E-state index is -0.227. The lowest BCUT2D eigenvalue weighted by molar-refractivity contribution is 0.295. The molecule has 0 spiro atoms. The van der Waals surface area contributed by atoms with Crippen LogP contribution in [0.2, 0.25) is 0 Å². The Kier molecular flexibility index (Phi) is 5.68. The molecule has 0 aromatic heterocycles. The summed E-state index contributed by atoms with van der Waals surface area (Å²) in [7, 11) is 0. The first kappa shape index (κ1) is 16.5. The molecule has 2 nitrogen and oxygen atoms in total. The van der Waals surface area contributed by atoms with Crippen molar-refractivity contribution >= 4 is 15.9 Å². The van der Waals surface area contributed by atoms with E-state index in [2.05, 4.69) is 27.3 Å². The number of hydrogen-bond acceptors (Lipinski definition) is 2. The Balaban J connectivity index is 1.67. The van der Waals surface area contributed by atoms with Crippen molar-refractivity contribution in [3.05, 3.63) is 63.9 Å². The maximum atomic E-state index is 13.7. The molecule has 2 aromatic carbocycles. The second-order valence-electron chi connectivity index (χ2n) is 5.99. The first-order valence-electron chi connectivity index (χ1n) is 8.10. The molecule has 0 unspecified atom stereocenters. The molecule has 3 rings (SSSR count). The van der Waals surface area contributed by atoms with Crippen LogP contribution < -0.4 is 10.1 Å². The van der Waals surface area contributed by atoms with Gasteiger partial charge >= 0.3 is 0 Å². The van der Waals surface area contributed by atoms with E-state index in [1.165, 1.54) is 31.7 Å². The van der Waals surface area contributed by atoms with Crippen molar-refractivity contribution in [1.29, 1.82) is 0 Å². The second kappa shape index (κ2) is 7.93. The van der Waals surface area contributed by atoms with Crippen molar-refractivity contribution in [2.45, 2.75) is 44.9 Å². The molecular weight excluding hydrogens is 357 g/mol. The summed E-state index contributed by atoms with van der Waals surface area (Å²) in [5.74, 6) is 0.581. The highest BCUT2D eigenvalue weighted by molar-refractivity contribution is 9.10. The summed E-state index contributed by atoms with van der Waals surface area (Å²) in [6, 6.07) is 13.3. The fourth-order valence-electron chi connectivity index (χ4n) is 2.98. The summed E-state index contributed by atoms with van der Waals surface area (Å²) >= 11 is 3.51. The van der Waals surface area contributed by atoms with Crippen LogP contribution in [0.4, 0.5) is 4.39 Å². The van der Waals surface area contributed by atoms with Gasteiger partial charge in [0.2, 0.25) is 0 Å². The van der Waals surface area contributed by atoms with E-state index >= 15 is 0 Å². The van der Waals surface area contributed by atoms with Crippen LogP contribution in [0, 0.1) is 5.82 Å². The van der Waals surface area contributed by atoms with Gasteiger partial charge in [0.15, 0.2) is 0 Å². The second-order valence-corrected chi connectivity index (χ2v) is 6.91. The van der Waals surface area contributed by atoms with Crippen LogP contribution >= 0.6 is 15.9 Å². The molecule has 0 atom stereocenters. The van der Waals surface area contributed by atoms with Crippen molar-refractivity contribution in [3.8, 4) is 5.75 Å². The van der Waals surface area contributed by atoms with Crippen molar-refractivity contribution in [3.63, 3.8) is 0 Å². The highest BCUT2D eigenvalue weighted by Crippen LogP contribution is 2.26. The molecule has 0 heterocycles. The maximum absolute atomic E-state index is 13.7. The lowest BCUT2D eigenvalue weighted by atomic mass is 10.1. The predicted molar refractivity (Wildman–Crippen MR) is 94.0 cm³/mol. The van der Waals surface area contributed by atoms with Crippen LogP contribution in [0.15, 0.2) is 46.9 Å². The zero-order valence-electron chi connectivity index (χ0n) is 13.0. The molecule has 4 heteroatoms. The van der Waals surface area contributed by atoms with Gasteiger partial charge in [-0.15, -0.1) is 0 Å². The fourth-order valence-corrected chi connectivity index (χ4v) is 3.39. The monoisotopic (exact) mass is 377 g/mol. The van der Waals surface area contributed by atoms with Gasteiger partial charge in [-0.2, -0.15) is 0 Å². The van der Waals surface area contributed by atoms with Crippen LogP contribution in [0.1, 0.15) is 36.8 Å². The SMILES string of the molecule is Fc1ccccc1COc1ccc(Br)cc1CNC1CCCC1. The molecule has 0 bridgehead atoms. The normalized spacial score (nSPS) is 15.0. The van der Waals surface area contributed by atoms with E-state index in [4.69, 9.17) is 4.74 Å². The number of halogens is 2. The van der Waals surface area contributed by atoms with Crippen LogP contribution in [0.3, 0.4) is 0 Å². The topological polar surface area (TPSA) is 21.3 Å².